The summed E-state index contributed by atoms with van der Waals surface area (Å²) in [5.41, 5.74) is 8.82. The smallest absolute Gasteiger partial charge is 0.0606 e. The summed E-state index contributed by atoms with van der Waals surface area (Å²) in [6.07, 6.45) is 0. The van der Waals surface area contributed by atoms with Crippen LogP contribution in [0.15, 0.2) is 35.7 Å². The Balaban J connectivity index is 2.45. The Morgan fingerprint density at radius 2 is 2.18 bits per heavy atom. The fourth-order valence-electron chi connectivity index (χ4n) is 1.79. The van der Waals surface area contributed by atoms with E-state index in [1.165, 1.54) is 4.88 Å². The zero-order valence-electron chi connectivity index (χ0n) is 9.76. The number of thiophene rings is 1. The van der Waals surface area contributed by atoms with Gasteiger partial charge in [-0.3, -0.25) is 0 Å². The molecule has 0 bridgehead atoms. The molecule has 0 fully saturated rings. The van der Waals surface area contributed by atoms with Crippen LogP contribution in [0.2, 0.25) is 0 Å². The highest BCUT2D eigenvalue weighted by molar-refractivity contribution is 7.13. The number of likely N-dealkylation sites (N-methyl/N-ethyl adjacent to an activating group) is 1. The van der Waals surface area contributed by atoms with E-state index in [-0.39, 0.29) is 6.61 Å². The van der Waals surface area contributed by atoms with Crippen molar-refractivity contribution in [1.29, 1.82) is 0 Å². The van der Waals surface area contributed by atoms with Crippen molar-refractivity contribution in [2.75, 3.05) is 30.8 Å². The summed E-state index contributed by atoms with van der Waals surface area (Å²) in [5.74, 6) is 0. The van der Waals surface area contributed by atoms with Crippen LogP contribution in [-0.4, -0.2) is 25.3 Å². The molecule has 1 aromatic carbocycles. The Bertz CT molecular complexity index is 482. The van der Waals surface area contributed by atoms with E-state index < -0.39 is 0 Å². The second kappa shape index (κ2) is 5.21. The van der Waals surface area contributed by atoms with Crippen molar-refractivity contribution in [3.8, 4) is 10.4 Å². The van der Waals surface area contributed by atoms with Crippen LogP contribution >= 0.6 is 11.3 Å². The molecule has 0 amide bonds. The van der Waals surface area contributed by atoms with E-state index >= 15 is 0 Å². The Morgan fingerprint density at radius 3 is 2.82 bits per heavy atom. The highest BCUT2D eigenvalue weighted by Gasteiger charge is 2.10. The van der Waals surface area contributed by atoms with Gasteiger partial charge in [0.2, 0.25) is 0 Å². The van der Waals surface area contributed by atoms with Crippen molar-refractivity contribution in [3.63, 3.8) is 0 Å². The number of hydrogen-bond acceptors (Lipinski definition) is 4. The van der Waals surface area contributed by atoms with Crippen LogP contribution < -0.4 is 10.6 Å². The van der Waals surface area contributed by atoms with Crippen molar-refractivity contribution in [3.05, 3.63) is 35.7 Å². The molecule has 0 aliphatic heterocycles. The molecule has 4 heteroatoms. The molecule has 1 heterocycles. The molecule has 17 heavy (non-hydrogen) atoms. The normalized spacial score (nSPS) is 10.5. The van der Waals surface area contributed by atoms with Crippen molar-refractivity contribution in [2.45, 2.75) is 0 Å². The Kier molecular flexibility index (Phi) is 3.66. The predicted octanol–water partition coefficient (Wildman–Crippen LogP) is 2.43. The van der Waals surface area contributed by atoms with E-state index in [4.69, 9.17) is 10.8 Å². The average Bonchev–Trinajstić information content (AvgIpc) is 2.82. The van der Waals surface area contributed by atoms with Crippen LogP contribution in [0.4, 0.5) is 11.4 Å². The fraction of sp³-hybridized carbons (Fsp3) is 0.231. The van der Waals surface area contributed by atoms with E-state index in [1.807, 2.05) is 41.6 Å². The molecule has 0 aliphatic carbocycles. The summed E-state index contributed by atoms with van der Waals surface area (Å²) < 4.78 is 0. The topological polar surface area (TPSA) is 49.5 Å². The molecule has 3 nitrogen and oxygen atoms in total. The fourth-order valence-corrected chi connectivity index (χ4v) is 2.54. The Hall–Kier alpha value is -1.52. The first-order valence-electron chi connectivity index (χ1n) is 5.48. The van der Waals surface area contributed by atoms with Gasteiger partial charge in [-0.2, -0.15) is 0 Å². The van der Waals surface area contributed by atoms with Gasteiger partial charge < -0.3 is 15.7 Å². The SMILES string of the molecule is CN(CCO)c1ccc(N)cc1-c1cccs1. The number of anilines is 2. The van der Waals surface area contributed by atoms with Crippen LogP contribution in [0.5, 0.6) is 0 Å². The van der Waals surface area contributed by atoms with E-state index in [2.05, 4.69) is 6.07 Å². The van der Waals surface area contributed by atoms with Crippen molar-refractivity contribution in [2.24, 2.45) is 0 Å². The third-order valence-electron chi connectivity index (χ3n) is 2.65. The zero-order chi connectivity index (χ0) is 12.3. The molecule has 2 aromatic rings. The van der Waals surface area contributed by atoms with Gasteiger partial charge in [0.15, 0.2) is 0 Å². The van der Waals surface area contributed by atoms with Gasteiger partial charge in [0.05, 0.1) is 6.61 Å². The minimum atomic E-state index is 0.144. The maximum Gasteiger partial charge on any atom is 0.0606 e. The number of aliphatic hydroxyl groups excluding tert-OH is 1. The van der Waals surface area contributed by atoms with Gasteiger partial charge in [0.1, 0.15) is 0 Å². The zero-order valence-corrected chi connectivity index (χ0v) is 10.6. The highest BCUT2D eigenvalue weighted by Crippen LogP contribution is 2.34. The molecule has 2 rings (SSSR count). The van der Waals surface area contributed by atoms with Gasteiger partial charge in [0.25, 0.3) is 0 Å². The highest BCUT2D eigenvalue weighted by atomic mass is 32.1. The van der Waals surface area contributed by atoms with Crippen LogP contribution in [0.1, 0.15) is 0 Å². The molecule has 0 saturated heterocycles. The molecule has 0 atom stereocenters. The second-order valence-corrected chi connectivity index (χ2v) is 4.85. The molecule has 1 aromatic heterocycles. The standard InChI is InChI=1S/C13H16N2OS/c1-15(6-7-16)12-5-4-10(14)9-11(12)13-3-2-8-17-13/h2-5,8-9,16H,6-7,14H2,1H3. The lowest BCUT2D eigenvalue weighted by Crippen LogP contribution is -2.21. The molecule has 3 N–H and O–H groups in total. The van der Waals surface area contributed by atoms with Crippen LogP contribution in [-0.2, 0) is 0 Å². The number of rotatable bonds is 4. The van der Waals surface area contributed by atoms with Gasteiger partial charge in [-0.25, -0.2) is 0 Å². The molecule has 0 saturated carbocycles. The van der Waals surface area contributed by atoms with E-state index in [0.717, 1.165) is 16.9 Å². The third kappa shape index (κ3) is 2.60. The molecule has 90 valence electrons. The maximum atomic E-state index is 9.01. The number of nitrogens with two attached hydrogens (primary N) is 1. The Morgan fingerprint density at radius 1 is 1.35 bits per heavy atom. The molecule has 0 unspecified atom stereocenters. The number of benzene rings is 1. The lowest BCUT2D eigenvalue weighted by molar-refractivity contribution is 0.304. The summed E-state index contributed by atoms with van der Waals surface area (Å²) >= 11 is 1.69. The van der Waals surface area contributed by atoms with Crippen LogP contribution in [0, 0.1) is 0 Å². The summed E-state index contributed by atoms with van der Waals surface area (Å²) in [4.78, 5) is 3.23. The summed E-state index contributed by atoms with van der Waals surface area (Å²) in [6.45, 7) is 0.757. The lowest BCUT2D eigenvalue weighted by atomic mass is 10.1. The molecule has 0 radical (unpaired) electrons. The number of hydrogen-bond donors (Lipinski definition) is 2. The maximum absolute atomic E-state index is 9.01. The summed E-state index contributed by atoms with van der Waals surface area (Å²) in [6, 6.07) is 9.98. The third-order valence-corrected chi connectivity index (χ3v) is 3.56. The van der Waals surface area contributed by atoms with Gasteiger partial charge in [-0.05, 0) is 29.6 Å². The molecular formula is C13H16N2OS. The van der Waals surface area contributed by atoms with Gasteiger partial charge in [-0.15, -0.1) is 11.3 Å². The van der Waals surface area contributed by atoms with Crippen LogP contribution in [0.25, 0.3) is 10.4 Å². The molecular weight excluding hydrogens is 232 g/mol. The number of nitrogen functional groups attached to an aromatic ring is 1. The van der Waals surface area contributed by atoms with Crippen molar-refractivity contribution in [1.82, 2.24) is 0 Å². The summed E-state index contributed by atoms with van der Waals surface area (Å²) in [5, 5.41) is 11.1. The van der Waals surface area contributed by atoms with E-state index in [0.29, 0.717) is 6.54 Å². The quantitative estimate of drug-likeness (QED) is 0.817. The molecule has 0 spiro atoms. The summed E-state index contributed by atoms with van der Waals surface area (Å²) in [7, 11) is 1.97. The minimum absolute atomic E-state index is 0.144. The lowest BCUT2D eigenvalue weighted by Gasteiger charge is -2.21. The largest absolute Gasteiger partial charge is 0.399 e. The van der Waals surface area contributed by atoms with E-state index in [1.54, 1.807) is 11.3 Å². The first kappa shape index (κ1) is 12.0. The van der Waals surface area contributed by atoms with Crippen molar-refractivity contribution >= 4 is 22.7 Å². The second-order valence-electron chi connectivity index (χ2n) is 3.90. The van der Waals surface area contributed by atoms with Gasteiger partial charge >= 0.3 is 0 Å². The first-order chi connectivity index (χ1) is 8.22. The van der Waals surface area contributed by atoms with Gasteiger partial charge in [-0.1, -0.05) is 6.07 Å². The van der Waals surface area contributed by atoms with Crippen LogP contribution in [0.3, 0.4) is 0 Å². The number of nitrogens with zero attached hydrogens (tertiary/aromatic N) is 1. The first-order valence-corrected chi connectivity index (χ1v) is 6.35. The van der Waals surface area contributed by atoms with Crippen molar-refractivity contribution < 1.29 is 5.11 Å². The minimum Gasteiger partial charge on any atom is -0.399 e. The molecule has 0 aliphatic rings. The predicted molar refractivity (Wildman–Crippen MR) is 74.5 cm³/mol. The van der Waals surface area contributed by atoms with E-state index in [9.17, 15) is 0 Å². The monoisotopic (exact) mass is 248 g/mol. The Labute approximate surface area is 105 Å². The van der Waals surface area contributed by atoms with Gasteiger partial charge in [0, 0.05) is 35.4 Å². The average molecular weight is 248 g/mol. The number of aliphatic hydroxyl groups is 1.